The van der Waals surface area contributed by atoms with Crippen LogP contribution < -0.4 is 5.32 Å². The van der Waals surface area contributed by atoms with E-state index in [0.717, 1.165) is 13.0 Å². The topological polar surface area (TPSA) is 67.4 Å². The van der Waals surface area contributed by atoms with E-state index in [-0.39, 0.29) is 11.4 Å². The Kier molecular flexibility index (Phi) is 4.54. The number of carbonyl (C=O) groups excluding carboxylic acids is 1. The highest BCUT2D eigenvalue weighted by Gasteiger charge is 2.35. The fourth-order valence-corrected chi connectivity index (χ4v) is 2.16. The second-order valence-electron chi connectivity index (χ2n) is 5.54. The second kappa shape index (κ2) is 6.17. The molecule has 0 saturated carbocycles. The molecule has 0 atom stereocenters. The predicted molar refractivity (Wildman–Crippen MR) is 76.7 cm³/mol. The van der Waals surface area contributed by atoms with Gasteiger partial charge in [0.2, 0.25) is 0 Å². The van der Waals surface area contributed by atoms with Crippen molar-refractivity contribution in [1.82, 2.24) is 14.9 Å². The molecule has 110 valence electrons. The lowest BCUT2D eigenvalue weighted by molar-refractivity contribution is -0.0373. The maximum absolute atomic E-state index is 12.5. The zero-order chi connectivity index (χ0) is 14.6. The van der Waals surface area contributed by atoms with Gasteiger partial charge in [-0.1, -0.05) is 6.92 Å². The van der Waals surface area contributed by atoms with Gasteiger partial charge >= 0.3 is 0 Å². The summed E-state index contributed by atoms with van der Waals surface area (Å²) in [6.07, 6.45) is 4.16. The van der Waals surface area contributed by atoms with Crippen molar-refractivity contribution in [3.05, 3.63) is 18.1 Å². The van der Waals surface area contributed by atoms with Gasteiger partial charge in [0.25, 0.3) is 5.91 Å². The molecule has 1 aliphatic rings. The summed E-state index contributed by atoms with van der Waals surface area (Å²) in [7, 11) is 0. The first-order valence-corrected chi connectivity index (χ1v) is 7.00. The molecular weight excluding hydrogens is 256 g/mol. The number of ether oxygens (including phenoxy) is 1. The van der Waals surface area contributed by atoms with Gasteiger partial charge in [0.05, 0.1) is 31.1 Å². The highest BCUT2D eigenvalue weighted by molar-refractivity contribution is 5.92. The molecule has 0 aliphatic carbocycles. The molecule has 0 bridgehead atoms. The van der Waals surface area contributed by atoms with Crippen molar-refractivity contribution in [1.29, 1.82) is 0 Å². The van der Waals surface area contributed by atoms with Crippen molar-refractivity contribution in [2.45, 2.75) is 32.7 Å². The van der Waals surface area contributed by atoms with Gasteiger partial charge in [-0.25, -0.2) is 9.97 Å². The smallest absolute Gasteiger partial charge is 0.274 e. The van der Waals surface area contributed by atoms with E-state index >= 15 is 0 Å². The minimum atomic E-state index is -0.309. The van der Waals surface area contributed by atoms with Crippen molar-refractivity contribution in [3.8, 4) is 0 Å². The van der Waals surface area contributed by atoms with Crippen LogP contribution in [0.15, 0.2) is 12.4 Å². The van der Waals surface area contributed by atoms with E-state index in [1.807, 2.05) is 13.8 Å². The van der Waals surface area contributed by atoms with Gasteiger partial charge in [-0.3, -0.25) is 4.79 Å². The van der Waals surface area contributed by atoms with Gasteiger partial charge in [0.15, 0.2) is 0 Å². The number of morpholine rings is 1. The van der Waals surface area contributed by atoms with Crippen LogP contribution in [0, 0.1) is 0 Å². The van der Waals surface area contributed by atoms with Gasteiger partial charge < -0.3 is 15.0 Å². The van der Waals surface area contributed by atoms with Crippen LogP contribution >= 0.6 is 0 Å². The minimum absolute atomic E-state index is 0.0900. The van der Waals surface area contributed by atoms with Crippen LogP contribution in [0.2, 0.25) is 0 Å². The van der Waals surface area contributed by atoms with Crippen molar-refractivity contribution < 1.29 is 9.53 Å². The lowest BCUT2D eigenvalue weighted by atomic mass is 10.0. The molecule has 6 nitrogen and oxygen atoms in total. The normalized spacial score (nSPS) is 17.9. The number of carbonyl (C=O) groups is 1. The van der Waals surface area contributed by atoms with E-state index < -0.39 is 0 Å². The molecule has 2 heterocycles. The minimum Gasteiger partial charge on any atom is -0.377 e. The average molecular weight is 278 g/mol. The summed E-state index contributed by atoms with van der Waals surface area (Å²) in [4.78, 5) is 22.7. The summed E-state index contributed by atoms with van der Waals surface area (Å²) in [6.45, 7) is 8.62. The van der Waals surface area contributed by atoms with Crippen LogP contribution in [0.25, 0.3) is 0 Å². The van der Waals surface area contributed by atoms with Gasteiger partial charge in [0, 0.05) is 13.1 Å². The number of aromatic nitrogens is 2. The van der Waals surface area contributed by atoms with Crippen LogP contribution in [0.5, 0.6) is 0 Å². The first-order valence-electron chi connectivity index (χ1n) is 7.00. The average Bonchev–Trinajstić information content (AvgIpc) is 2.44. The molecule has 0 aromatic carbocycles. The van der Waals surface area contributed by atoms with Gasteiger partial charge in [0.1, 0.15) is 11.5 Å². The molecule has 1 fully saturated rings. The molecule has 0 unspecified atom stereocenters. The van der Waals surface area contributed by atoms with Gasteiger partial charge in [-0.2, -0.15) is 0 Å². The molecule has 1 saturated heterocycles. The Balaban J connectivity index is 2.08. The maximum Gasteiger partial charge on any atom is 0.274 e. The zero-order valence-corrected chi connectivity index (χ0v) is 12.3. The standard InChI is InChI=1S/C14H22N4O2/c1-4-5-15-12-9-16-11(8-17-12)13(19)18-6-7-20-10-14(18,2)3/h8-9H,4-7,10H2,1-3H3,(H,15,17). The number of nitrogens with zero attached hydrogens (tertiary/aromatic N) is 3. The molecule has 1 N–H and O–H groups in total. The van der Waals surface area contributed by atoms with Crippen LogP contribution in [0.3, 0.4) is 0 Å². The second-order valence-corrected chi connectivity index (χ2v) is 5.54. The van der Waals surface area contributed by atoms with E-state index in [1.54, 1.807) is 11.1 Å². The summed E-state index contributed by atoms with van der Waals surface area (Å²) in [5, 5.41) is 3.14. The van der Waals surface area contributed by atoms with Crippen LogP contribution in [-0.4, -0.2) is 52.6 Å². The molecule has 2 rings (SSSR count). The highest BCUT2D eigenvalue weighted by Crippen LogP contribution is 2.21. The van der Waals surface area contributed by atoms with Crippen molar-refractivity contribution in [3.63, 3.8) is 0 Å². The van der Waals surface area contributed by atoms with Crippen LogP contribution in [0.1, 0.15) is 37.7 Å². The zero-order valence-electron chi connectivity index (χ0n) is 12.3. The molecule has 20 heavy (non-hydrogen) atoms. The Labute approximate surface area is 119 Å². The molecule has 1 aromatic rings. The van der Waals surface area contributed by atoms with Gasteiger partial charge in [-0.15, -0.1) is 0 Å². The molecule has 1 aliphatic heterocycles. The Bertz CT molecular complexity index is 459. The third kappa shape index (κ3) is 3.25. The highest BCUT2D eigenvalue weighted by atomic mass is 16.5. The number of rotatable bonds is 4. The van der Waals surface area contributed by atoms with Crippen molar-refractivity contribution in [2.24, 2.45) is 0 Å². The molecule has 1 aromatic heterocycles. The first-order chi connectivity index (χ1) is 9.54. The third-order valence-corrected chi connectivity index (χ3v) is 3.32. The number of hydrogen-bond acceptors (Lipinski definition) is 5. The number of hydrogen-bond donors (Lipinski definition) is 1. The quantitative estimate of drug-likeness (QED) is 0.905. The number of amides is 1. The third-order valence-electron chi connectivity index (χ3n) is 3.32. The summed E-state index contributed by atoms with van der Waals surface area (Å²) < 4.78 is 5.42. The molecule has 6 heteroatoms. The SMILES string of the molecule is CCCNc1cnc(C(=O)N2CCOCC2(C)C)cn1. The van der Waals surface area contributed by atoms with Crippen LogP contribution in [0.4, 0.5) is 5.82 Å². The van der Waals surface area contributed by atoms with E-state index in [1.165, 1.54) is 6.20 Å². The Morgan fingerprint density at radius 3 is 2.85 bits per heavy atom. The first kappa shape index (κ1) is 14.7. The molecule has 0 radical (unpaired) electrons. The molecule has 1 amide bonds. The summed E-state index contributed by atoms with van der Waals surface area (Å²) in [5.74, 6) is 0.609. The monoisotopic (exact) mass is 278 g/mol. The van der Waals surface area contributed by atoms with Crippen LogP contribution in [-0.2, 0) is 4.74 Å². The van der Waals surface area contributed by atoms with E-state index in [4.69, 9.17) is 4.74 Å². The molecular formula is C14H22N4O2. The fraction of sp³-hybridized carbons (Fsp3) is 0.643. The fourth-order valence-electron chi connectivity index (χ4n) is 2.16. The summed E-state index contributed by atoms with van der Waals surface area (Å²) >= 11 is 0. The van der Waals surface area contributed by atoms with Crippen molar-refractivity contribution >= 4 is 11.7 Å². The Morgan fingerprint density at radius 1 is 1.45 bits per heavy atom. The van der Waals surface area contributed by atoms with E-state index in [2.05, 4.69) is 22.2 Å². The Morgan fingerprint density at radius 2 is 2.25 bits per heavy atom. The summed E-state index contributed by atoms with van der Waals surface area (Å²) in [6, 6.07) is 0. The number of nitrogens with one attached hydrogen (secondary N) is 1. The van der Waals surface area contributed by atoms with Gasteiger partial charge in [-0.05, 0) is 20.3 Å². The Hall–Kier alpha value is -1.69. The lowest BCUT2D eigenvalue weighted by Crippen LogP contribution is -2.55. The number of anilines is 1. The predicted octanol–water partition coefficient (Wildman–Crippen LogP) is 1.55. The largest absolute Gasteiger partial charge is 0.377 e. The van der Waals surface area contributed by atoms with E-state index in [0.29, 0.717) is 31.3 Å². The molecule has 0 spiro atoms. The lowest BCUT2D eigenvalue weighted by Gasteiger charge is -2.41. The van der Waals surface area contributed by atoms with E-state index in [9.17, 15) is 4.79 Å². The summed E-state index contributed by atoms with van der Waals surface area (Å²) in [5.41, 5.74) is 0.0675. The van der Waals surface area contributed by atoms with Crippen molar-refractivity contribution in [2.75, 3.05) is 31.6 Å². The maximum atomic E-state index is 12.5.